The first-order chi connectivity index (χ1) is 17.3. The molecule has 4 rings (SSSR count). The average Bonchev–Trinajstić information content (AvgIpc) is 3.48. The van der Waals surface area contributed by atoms with Crippen molar-refractivity contribution >= 4 is 45.6 Å². The summed E-state index contributed by atoms with van der Waals surface area (Å²) in [6.45, 7) is 8.76. The van der Waals surface area contributed by atoms with Crippen LogP contribution in [0.4, 0.5) is 10.8 Å². The SMILES string of the molecule is CCN(Cc1ccc(N2CC(C(=O)Nc3nnc(CCc4ccc(Cl)cc4)s3)CC2=O)cc1)C(C)C. The minimum atomic E-state index is -0.421. The van der Waals surface area contributed by atoms with Crippen LogP contribution in [0.25, 0.3) is 0 Å². The van der Waals surface area contributed by atoms with E-state index >= 15 is 0 Å². The molecule has 2 aromatic carbocycles. The van der Waals surface area contributed by atoms with E-state index in [1.807, 2.05) is 36.4 Å². The predicted octanol–water partition coefficient (Wildman–Crippen LogP) is 5.20. The zero-order valence-corrected chi connectivity index (χ0v) is 22.5. The van der Waals surface area contributed by atoms with Crippen LogP contribution in [0.2, 0.25) is 5.02 Å². The van der Waals surface area contributed by atoms with Crippen molar-refractivity contribution in [2.24, 2.45) is 5.92 Å². The summed E-state index contributed by atoms with van der Waals surface area (Å²) in [5.74, 6) is -0.658. The van der Waals surface area contributed by atoms with Crippen LogP contribution in [0.5, 0.6) is 0 Å². The zero-order chi connectivity index (χ0) is 25.7. The fourth-order valence-electron chi connectivity index (χ4n) is 4.32. The third kappa shape index (κ3) is 6.69. The quantitative estimate of drug-likeness (QED) is 0.393. The largest absolute Gasteiger partial charge is 0.312 e. The van der Waals surface area contributed by atoms with Crippen LogP contribution in [-0.4, -0.2) is 46.0 Å². The Morgan fingerprint density at radius 1 is 1.11 bits per heavy atom. The van der Waals surface area contributed by atoms with Crippen molar-refractivity contribution in [3.05, 3.63) is 69.7 Å². The molecule has 1 atom stereocenters. The Hall–Kier alpha value is -2.81. The Bertz CT molecular complexity index is 1180. The molecular weight excluding hydrogens is 494 g/mol. The molecule has 36 heavy (non-hydrogen) atoms. The lowest BCUT2D eigenvalue weighted by molar-refractivity contribution is -0.122. The van der Waals surface area contributed by atoms with E-state index in [0.29, 0.717) is 22.7 Å². The molecule has 2 amide bonds. The summed E-state index contributed by atoms with van der Waals surface area (Å²) in [4.78, 5) is 29.6. The maximum atomic E-state index is 12.9. The molecule has 9 heteroatoms. The summed E-state index contributed by atoms with van der Waals surface area (Å²) in [5.41, 5.74) is 3.20. The number of rotatable bonds is 10. The number of hydrogen-bond donors (Lipinski definition) is 1. The van der Waals surface area contributed by atoms with E-state index in [2.05, 4.69) is 53.3 Å². The fourth-order valence-corrected chi connectivity index (χ4v) is 5.19. The van der Waals surface area contributed by atoms with Crippen LogP contribution in [-0.2, 0) is 29.0 Å². The zero-order valence-electron chi connectivity index (χ0n) is 20.9. The monoisotopic (exact) mass is 525 g/mol. The Kier molecular flexibility index (Phi) is 8.72. The van der Waals surface area contributed by atoms with E-state index in [1.54, 1.807) is 4.90 Å². The van der Waals surface area contributed by atoms with Crippen molar-refractivity contribution in [2.75, 3.05) is 23.3 Å². The summed E-state index contributed by atoms with van der Waals surface area (Å²) < 4.78 is 0. The molecule has 0 spiro atoms. The van der Waals surface area contributed by atoms with Crippen LogP contribution in [0, 0.1) is 5.92 Å². The van der Waals surface area contributed by atoms with Crippen molar-refractivity contribution in [1.29, 1.82) is 0 Å². The summed E-state index contributed by atoms with van der Waals surface area (Å²) in [6, 6.07) is 16.3. The highest BCUT2D eigenvalue weighted by Gasteiger charge is 2.35. The number of aromatic nitrogens is 2. The molecule has 1 fully saturated rings. The van der Waals surface area contributed by atoms with Crippen LogP contribution >= 0.6 is 22.9 Å². The topological polar surface area (TPSA) is 78.4 Å². The number of aryl methyl sites for hydroxylation is 2. The second-order valence-electron chi connectivity index (χ2n) is 9.35. The van der Waals surface area contributed by atoms with E-state index in [1.165, 1.54) is 22.5 Å². The third-order valence-corrected chi connectivity index (χ3v) is 7.65. The fraction of sp³-hybridized carbons (Fsp3) is 0.407. The summed E-state index contributed by atoms with van der Waals surface area (Å²) in [7, 11) is 0. The summed E-state index contributed by atoms with van der Waals surface area (Å²) in [5, 5.41) is 13.2. The normalized spacial score (nSPS) is 15.8. The van der Waals surface area contributed by atoms with Gasteiger partial charge in [-0.2, -0.15) is 0 Å². The lowest BCUT2D eigenvalue weighted by Gasteiger charge is -2.25. The maximum Gasteiger partial charge on any atom is 0.231 e. The van der Waals surface area contributed by atoms with Gasteiger partial charge in [-0.25, -0.2) is 0 Å². The van der Waals surface area contributed by atoms with Gasteiger partial charge in [0.2, 0.25) is 16.9 Å². The Morgan fingerprint density at radius 2 is 1.81 bits per heavy atom. The molecule has 3 aromatic rings. The van der Waals surface area contributed by atoms with E-state index in [-0.39, 0.29) is 18.2 Å². The van der Waals surface area contributed by atoms with Crippen molar-refractivity contribution in [1.82, 2.24) is 15.1 Å². The lowest BCUT2D eigenvalue weighted by atomic mass is 10.1. The molecule has 1 unspecified atom stereocenters. The number of hydrogen-bond acceptors (Lipinski definition) is 6. The average molecular weight is 526 g/mol. The van der Waals surface area contributed by atoms with Gasteiger partial charge in [0.05, 0.1) is 5.92 Å². The standard InChI is InChI=1S/C27H32ClN5O2S/c1-4-32(18(2)3)16-20-7-12-23(13-8-20)33-17-21(15-25(33)34)26(35)29-27-31-30-24(36-27)14-9-19-5-10-22(28)11-6-19/h5-8,10-13,18,21H,4,9,14-17H2,1-3H3,(H,29,31,35). The van der Waals surface area contributed by atoms with Crippen molar-refractivity contribution in [2.45, 2.75) is 52.6 Å². The minimum absolute atomic E-state index is 0.0406. The lowest BCUT2D eigenvalue weighted by Crippen LogP contribution is -2.30. The van der Waals surface area contributed by atoms with Crippen LogP contribution in [0.1, 0.15) is 43.3 Å². The van der Waals surface area contributed by atoms with Crippen molar-refractivity contribution in [3.8, 4) is 0 Å². The molecule has 1 aliphatic rings. The van der Waals surface area contributed by atoms with Gasteiger partial charge >= 0.3 is 0 Å². The van der Waals surface area contributed by atoms with Gasteiger partial charge in [0.15, 0.2) is 0 Å². The minimum Gasteiger partial charge on any atom is -0.312 e. The summed E-state index contributed by atoms with van der Waals surface area (Å²) in [6.07, 6.45) is 1.74. The highest BCUT2D eigenvalue weighted by atomic mass is 35.5. The maximum absolute atomic E-state index is 12.9. The van der Waals surface area contributed by atoms with Crippen molar-refractivity contribution < 1.29 is 9.59 Å². The Balaban J connectivity index is 1.30. The van der Waals surface area contributed by atoms with E-state index in [0.717, 1.165) is 36.6 Å². The van der Waals surface area contributed by atoms with Crippen LogP contribution in [0.15, 0.2) is 48.5 Å². The van der Waals surface area contributed by atoms with E-state index in [4.69, 9.17) is 11.6 Å². The number of carbonyl (C=O) groups is 2. The van der Waals surface area contributed by atoms with Crippen LogP contribution in [0.3, 0.4) is 0 Å². The number of carbonyl (C=O) groups excluding carboxylic acids is 2. The first kappa shape index (κ1) is 26.3. The molecule has 1 aromatic heterocycles. The molecule has 0 radical (unpaired) electrons. The highest BCUT2D eigenvalue weighted by Crippen LogP contribution is 2.27. The van der Waals surface area contributed by atoms with Gasteiger partial charge in [-0.15, -0.1) is 10.2 Å². The number of anilines is 2. The molecule has 7 nitrogen and oxygen atoms in total. The first-order valence-electron chi connectivity index (χ1n) is 12.3. The molecule has 1 N–H and O–H groups in total. The predicted molar refractivity (Wildman–Crippen MR) is 146 cm³/mol. The number of nitrogens with zero attached hydrogens (tertiary/aromatic N) is 4. The molecule has 0 aliphatic carbocycles. The molecular formula is C27H32ClN5O2S. The van der Waals surface area contributed by atoms with Gasteiger partial charge in [-0.1, -0.05) is 54.1 Å². The molecule has 0 saturated carbocycles. The van der Waals surface area contributed by atoms with Gasteiger partial charge in [0.1, 0.15) is 5.01 Å². The van der Waals surface area contributed by atoms with Gasteiger partial charge in [0.25, 0.3) is 0 Å². The van der Waals surface area contributed by atoms with Gasteiger partial charge in [0, 0.05) is 42.7 Å². The third-order valence-electron chi connectivity index (χ3n) is 6.50. The van der Waals surface area contributed by atoms with E-state index < -0.39 is 5.92 Å². The smallest absolute Gasteiger partial charge is 0.231 e. The second-order valence-corrected chi connectivity index (χ2v) is 10.8. The van der Waals surface area contributed by atoms with Crippen molar-refractivity contribution in [3.63, 3.8) is 0 Å². The molecule has 0 bridgehead atoms. The molecule has 1 aliphatic heterocycles. The Labute approximate surface area is 221 Å². The molecule has 1 saturated heterocycles. The number of amides is 2. The number of nitrogens with one attached hydrogen (secondary N) is 1. The highest BCUT2D eigenvalue weighted by molar-refractivity contribution is 7.15. The summed E-state index contributed by atoms with van der Waals surface area (Å²) >= 11 is 7.31. The second kappa shape index (κ2) is 12.0. The molecule has 190 valence electrons. The van der Waals surface area contributed by atoms with E-state index in [9.17, 15) is 9.59 Å². The van der Waals surface area contributed by atoms with Gasteiger partial charge < -0.3 is 10.2 Å². The number of halogens is 1. The van der Waals surface area contributed by atoms with Crippen LogP contribution < -0.4 is 10.2 Å². The molecule has 2 heterocycles. The van der Waals surface area contributed by atoms with Gasteiger partial charge in [-0.3, -0.25) is 14.5 Å². The first-order valence-corrected chi connectivity index (χ1v) is 13.5. The Morgan fingerprint density at radius 3 is 2.47 bits per heavy atom. The van der Waals surface area contributed by atoms with Gasteiger partial charge in [-0.05, 0) is 62.2 Å². The number of benzene rings is 2.